The highest BCUT2D eigenvalue weighted by Crippen LogP contribution is 2.23. The Bertz CT molecular complexity index is 156. The van der Waals surface area contributed by atoms with Gasteiger partial charge in [0.15, 0.2) is 0 Å². The summed E-state index contributed by atoms with van der Waals surface area (Å²) in [6.07, 6.45) is 6.79. The number of likely N-dealkylation sites (tertiary alicyclic amines) is 1. The molecule has 1 rings (SSSR count). The SMILES string of the molecule is CCCCCCC1CN(C)C1=S. The number of rotatable bonds is 5. The van der Waals surface area contributed by atoms with E-state index in [0.717, 1.165) is 5.92 Å². The Labute approximate surface area is 81.1 Å². The molecular formula is C10H19NS. The topological polar surface area (TPSA) is 3.24 Å². The van der Waals surface area contributed by atoms with E-state index < -0.39 is 0 Å². The van der Waals surface area contributed by atoms with Gasteiger partial charge in [-0.15, -0.1) is 0 Å². The van der Waals surface area contributed by atoms with E-state index >= 15 is 0 Å². The molecule has 0 aromatic carbocycles. The standard InChI is InChI=1S/C10H19NS/c1-3-4-5-6-7-9-8-11(2)10(9)12/h9H,3-8H2,1-2H3. The van der Waals surface area contributed by atoms with Crippen LogP contribution in [0.5, 0.6) is 0 Å². The number of unbranched alkanes of at least 4 members (excludes halogenated alkanes) is 3. The maximum absolute atomic E-state index is 5.23. The first-order valence-electron chi connectivity index (χ1n) is 5.00. The molecular weight excluding hydrogens is 166 g/mol. The van der Waals surface area contributed by atoms with Crippen molar-refractivity contribution in [3.63, 3.8) is 0 Å². The van der Waals surface area contributed by atoms with Gasteiger partial charge in [0.1, 0.15) is 0 Å². The molecule has 12 heavy (non-hydrogen) atoms. The molecule has 0 N–H and O–H groups in total. The van der Waals surface area contributed by atoms with E-state index in [1.165, 1.54) is 43.6 Å². The Balaban J connectivity index is 1.98. The highest BCUT2D eigenvalue weighted by Gasteiger charge is 2.28. The molecule has 1 heterocycles. The summed E-state index contributed by atoms with van der Waals surface area (Å²) >= 11 is 5.23. The highest BCUT2D eigenvalue weighted by molar-refractivity contribution is 7.80. The van der Waals surface area contributed by atoms with Crippen molar-refractivity contribution in [3.8, 4) is 0 Å². The molecule has 2 heteroatoms. The van der Waals surface area contributed by atoms with Gasteiger partial charge in [0, 0.05) is 19.5 Å². The Morgan fingerprint density at radius 1 is 1.42 bits per heavy atom. The third-order valence-corrected chi connectivity index (χ3v) is 3.27. The van der Waals surface area contributed by atoms with Crippen molar-refractivity contribution in [1.82, 2.24) is 4.90 Å². The van der Waals surface area contributed by atoms with Crippen LogP contribution < -0.4 is 0 Å². The van der Waals surface area contributed by atoms with Crippen LogP contribution in [0.2, 0.25) is 0 Å². The van der Waals surface area contributed by atoms with Gasteiger partial charge in [-0.2, -0.15) is 0 Å². The van der Waals surface area contributed by atoms with Gasteiger partial charge in [0.05, 0.1) is 4.99 Å². The maximum Gasteiger partial charge on any atom is 0.0826 e. The van der Waals surface area contributed by atoms with Crippen LogP contribution >= 0.6 is 12.2 Å². The average Bonchev–Trinajstić information content (AvgIpc) is 2.10. The fourth-order valence-corrected chi connectivity index (χ4v) is 2.00. The zero-order valence-electron chi connectivity index (χ0n) is 8.18. The van der Waals surface area contributed by atoms with Crippen molar-refractivity contribution in [1.29, 1.82) is 0 Å². The molecule has 0 radical (unpaired) electrons. The van der Waals surface area contributed by atoms with Crippen LogP contribution in [0.3, 0.4) is 0 Å². The Morgan fingerprint density at radius 3 is 2.67 bits per heavy atom. The predicted molar refractivity (Wildman–Crippen MR) is 57.5 cm³/mol. The zero-order valence-corrected chi connectivity index (χ0v) is 8.99. The van der Waals surface area contributed by atoms with Gasteiger partial charge in [-0.05, 0) is 6.42 Å². The predicted octanol–water partition coefficient (Wildman–Crippen LogP) is 2.85. The number of hydrogen-bond donors (Lipinski definition) is 0. The van der Waals surface area contributed by atoms with E-state index in [2.05, 4.69) is 18.9 Å². The number of thiocarbonyl (C=S) groups is 1. The summed E-state index contributed by atoms with van der Waals surface area (Å²) in [4.78, 5) is 3.37. The summed E-state index contributed by atoms with van der Waals surface area (Å²) in [6, 6.07) is 0. The van der Waals surface area contributed by atoms with Gasteiger partial charge in [0.25, 0.3) is 0 Å². The van der Waals surface area contributed by atoms with Crippen LogP contribution in [0.4, 0.5) is 0 Å². The lowest BCUT2D eigenvalue weighted by Gasteiger charge is -2.38. The molecule has 0 bridgehead atoms. The molecule has 1 fully saturated rings. The van der Waals surface area contributed by atoms with E-state index in [9.17, 15) is 0 Å². The molecule has 1 aliphatic heterocycles. The molecule has 70 valence electrons. The van der Waals surface area contributed by atoms with E-state index in [-0.39, 0.29) is 0 Å². The lowest BCUT2D eigenvalue weighted by molar-refractivity contribution is 0.324. The normalized spacial score (nSPS) is 22.7. The van der Waals surface area contributed by atoms with Crippen LogP contribution in [-0.4, -0.2) is 23.5 Å². The molecule has 1 unspecified atom stereocenters. The third kappa shape index (κ3) is 2.44. The second kappa shape index (κ2) is 4.80. The maximum atomic E-state index is 5.23. The largest absolute Gasteiger partial charge is 0.368 e. The first kappa shape index (κ1) is 9.97. The van der Waals surface area contributed by atoms with Crippen molar-refractivity contribution in [2.75, 3.05) is 13.6 Å². The van der Waals surface area contributed by atoms with Crippen molar-refractivity contribution >= 4 is 17.2 Å². The van der Waals surface area contributed by atoms with Crippen molar-refractivity contribution in [3.05, 3.63) is 0 Å². The number of nitrogens with zero attached hydrogens (tertiary/aromatic N) is 1. The quantitative estimate of drug-likeness (QED) is 0.478. The van der Waals surface area contributed by atoms with Crippen LogP contribution in [0.15, 0.2) is 0 Å². The first-order valence-corrected chi connectivity index (χ1v) is 5.41. The van der Waals surface area contributed by atoms with Gasteiger partial charge in [0.2, 0.25) is 0 Å². The van der Waals surface area contributed by atoms with Crippen LogP contribution in [0.25, 0.3) is 0 Å². The highest BCUT2D eigenvalue weighted by atomic mass is 32.1. The molecule has 0 aromatic rings. The minimum Gasteiger partial charge on any atom is -0.368 e. The second-order valence-electron chi connectivity index (χ2n) is 3.77. The number of hydrogen-bond acceptors (Lipinski definition) is 1. The van der Waals surface area contributed by atoms with E-state index in [4.69, 9.17) is 12.2 Å². The molecule has 0 amide bonds. The van der Waals surface area contributed by atoms with Crippen molar-refractivity contribution in [2.45, 2.75) is 39.0 Å². The minimum absolute atomic E-state index is 0.738. The summed E-state index contributed by atoms with van der Waals surface area (Å²) in [5.41, 5.74) is 0. The molecule has 0 saturated carbocycles. The van der Waals surface area contributed by atoms with Gasteiger partial charge in [-0.1, -0.05) is 44.8 Å². The van der Waals surface area contributed by atoms with Crippen molar-refractivity contribution in [2.24, 2.45) is 5.92 Å². The molecule has 1 aliphatic rings. The van der Waals surface area contributed by atoms with E-state index in [1.807, 2.05) is 0 Å². The fourth-order valence-electron chi connectivity index (χ4n) is 1.73. The zero-order chi connectivity index (χ0) is 8.97. The van der Waals surface area contributed by atoms with E-state index in [0.29, 0.717) is 0 Å². The van der Waals surface area contributed by atoms with E-state index in [1.54, 1.807) is 0 Å². The monoisotopic (exact) mass is 185 g/mol. The molecule has 1 nitrogen and oxygen atoms in total. The molecule has 0 aromatic heterocycles. The lowest BCUT2D eigenvalue weighted by Crippen LogP contribution is -2.48. The van der Waals surface area contributed by atoms with Crippen LogP contribution in [0, 0.1) is 5.92 Å². The average molecular weight is 185 g/mol. The summed E-state index contributed by atoms with van der Waals surface area (Å²) in [5.74, 6) is 0.738. The smallest absolute Gasteiger partial charge is 0.0826 e. The summed E-state index contributed by atoms with van der Waals surface area (Å²) in [5, 5.41) is 0. The van der Waals surface area contributed by atoms with Crippen LogP contribution in [-0.2, 0) is 0 Å². The van der Waals surface area contributed by atoms with Gasteiger partial charge < -0.3 is 4.90 Å². The lowest BCUT2D eigenvalue weighted by atomic mass is 9.94. The minimum atomic E-state index is 0.738. The Morgan fingerprint density at radius 2 is 2.17 bits per heavy atom. The van der Waals surface area contributed by atoms with Crippen molar-refractivity contribution < 1.29 is 0 Å². The Hall–Kier alpha value is -0.110. The van der Waals surface area contributed by atoms with Gasteiger partial charge in [-0.25, -0.2) is 0 Å². The molecule has 1 saturated heterocycles. The third-order valence-electron chi connectivity index (χ3n) is 2.63. The van der Waals surface area contributed by atoms with Crippen LogP contribution in [0.1, 0.15) is 39.0 Å². The summed E-state index contributed by atoms with van der Waals surface area (Å²) in [6.45, 7) is 3.45. The molecule has 0 aliphatic carbocycles. The first-order chi connectivity index (χ1) is 5.75. The molecule has 1 atom stereocenters. The van der Waals surface area contributed by atoms with Gasteiger partial charge in [-0.3, -0.25) is 0 Å². The fraction of sp³-hybridized carbons (Fsp3) is 0.900. The second-order valence-corrected chi connectivity index (χ2v) is 4.18. The summed E-state index contributed by atoms with van der Waals surface area (Å²) < 4.78 is 0. The van der Waals surface area contributed by atoms with Gasteiger partial charge >= 0.3 is 0 Å². The molecule has 0 spiro atoms. The summed E-state index contributed by atoms with van der Waals surface area (Å²) in [7, 11) is 2.09. The Kier molecular flexibility index (Phi) is 3.99.